The Hall–Kier alpha value is -0.900. The van der Waals surface area contributed by atoms with Crippen LogP contribution in [-0.4, -0.2) is 44.3 Å². The zero-order valence-electron chi connectivity index (χ0n) is 13.3. The number of fused-ring (bicyclic) bond motifs is 1. The van der Waals surface area contributed by atoms with E-state index in [0.29, 0.717) is 12.1 Å². The van der Waals surface area contributed by atoms with Gasteiger partial charge < -0.3 is 10.1 Å². The molecular weight excluding hydrogens is 260 g/mol. The third kappa shape index (κ3) is 3.65. The van der Waals surface area contributed by atoms with Gasteiger partial charge in [0.05, 0.1) is 6.61 Å². The molecule has 1 fully saturated rings. The highest BCUT2D eigenvalue weighted by molar-refractivity contribution is 5.37. The smallest absolute Gasteiger partial charge is 0.0593 e. The number of hydrogen-bond donors (Lipinski definition) is 1. The van der Waals surface area contributed by atoms with Crippen LogP contribution in [-0.2, 0) is 11.2 Å². The molecule has 21 heavy (non-hydrogen) atoms. The molecule has 1 aromatic rings. The summed E-state index contributed by atoms with van der Waals surface area (Å²) in [7, 11) is 2.24. The molecule has 0 amide bonds. The van der Waals surface area contributed by atoms with Gasteiger partial charge in [0, 0.05) is 25.2 Å². The minimum atomic E-state index is 0.458. The molecule has 3 nitrogen and oxygen atoms in total. The van der Waals surface area contributed by atoms with Crippen molar-refractivity contribution < 1.29 is 4.74 Å². The number of hydrogen-bond acceptors (Lipinski definition) is 3. The SMILES string of the molecule is CCNC1c2ccccc2CC1N(C)CCOCC1CC1. The predicted molar refractivity (Wildman–Crippen MR) is 86.5 cm³/mol. The highest BCUT2D eigenvalue weighted by atomic mass is 16.5. The van der Waals surface area contributed by atoms with Gasteiger partial charge in [0.1, 0.15) is 0 Å². The minimum absolute atomic E-state index is 0.458. The van der Waals surface area contributed by atoms with Gasteiger partial charge in [-0.3, -0.25) is 4.90 Å². The molecule has 116 valence electrons. The first-order valence-corrected chi connectivity index (χ1v) is 8.38. The first kappa shape index (κ1) is 15.0. The maximum absolute atomic E-state index is 5.80. The van der Waals surface area contributed by atoms with E-state index in [1.807, 2.05) is 0 Å². The second-order valence-corrected chi connectivity index (χ2v) is 6.50. The van der Waals surface area contributed by atoms with Gasteiger partial charge in [-0.05, 0) is 49.9 Å². The Morgan fingerprint density at radius 1 is 1.29 bits per heavy atom. The van der Waals surface area contributed by atoms with Crippen LogP contribution >= 0.6 is 0 Å². The van der Waals surface area contributed by atoms with Gasteiger partial charge in [0.2, 0.25) is 0 Å². The van der Waals surface area contributed by atoms with Gasteiger partial charge in [-0.1, -0.05) is 31.2 Å². The summed E-state index contributed by atoms with van der Waals surface area (Å²) in [6.45, 7) is 6.06. The number of nitrogens with one attached hydrogen (secondary N) is 1. The van der Waals surface area contributed by atoms with Crippen molar-refractivity contribution in [1.82, 2.24) is 10.2 Å². The molecule has 2 unspecified atom stereocenters. The average Bonchev–Trinajstić information content (AvgIpc) is 3.25. The van der Waals surface area contributed by atoms with Crippen LogP contribution in [0, 0.1) is 5.92 Å². The Morgan fingerprint density at radius 2 is 2.10 bits per heavy atom. The maximum atomic E-state index is 5.80. The van der Waals surface area contributed by atoms with Crippen molar-refractivity contribution in [3.8, 4) is 0 Å². The minimum Gasteiger partial charge on any atom is -0.380 e. The molecule has 1 aromatic carbocycles. The molecule has 0 aliphatic heterocycles. The van der Waals surface area contributed by atoms with E-state index in [4.69, 9.17) is 4.74 Å². The molecule has 1 N–H and O–H groups in total. The molecule has 1 saturated carbocycles. The first-order valence-electron chi connectivity index (χ1n) is 8.38. The van der Waals surface area contributed by atoms with Crippen molar-refractivity contribution in [2.75, 3.05) is 33.4 Å². The van der Waals surface area contributed by atoms with Gasteiger partial charge in [0.25, 0.3) is 0 Å². The molecule has 2 aliphatic rings. The van der Waals surface area contributed by atoms with Crippen molar-refractivity contribution in [2.45, 2.75) is 38.3 Å². The highest BCUT2D eigenvalue weighted by Gasteiger charge is 2.33. The fourth-order valence-corrected chi connectivity index (χ4v) is 3.36. The Labute approximate surface area is 128 Å². The lowest BCUT2D eigenvalue weighted by Crippen LogP contribution is -2.42. The van der Waals surface area contributed by atoms with E-state index in [1.54, 1.807) is 0 Å². The van der Waals surface area contributed by atoms with E-state index in [2.05, 4.69) is 48.5 Å². The average molecular weight is 288 g/mol. The van der Waals surface area contributed by atoms with Gasteiger partial charge in [0.15, 0.2) is 0 Å². The summed E-state index contributed by atoms with van der Waals surface area (Å²) in [6.07, 6.45) is 3.89. The second kappa shape index (κ2) is 6.91. The Kier molecular flexibility index (Phi) is 4.94. The summed E-state index contributed by atoms with van der Waals surface area (Å²) in [5.41, 5.74) is 2.98. The van der Waals surface area contributed by atoms with E-state index < -0.39 is 0 Å². The Bertz CT molecular complexity index is 458. The van der Waals surface area contributed by atoms with Crippen molar-refractivity contribution in [3.05, 3.63) is 35.4 Å². The molecular formula is C18H28N2O. The fraction of sp³-hybridized carbons (Fsp3) is 0.667. The quantitative estimate of drug-likeness (QED) is 0.744. The molecule has 2 aliphatic carbocycles. The van der Waals surface area contributed by atoms with Crippen molar-refractivity contribution in [2.24, 2.45) is 5.92 Å². The fourth-order valence-electron chi connectivity index (χ4n) is 3.36. The molecule has 0 radical (unpaired) electrons. The molecule has 0 aromatic heterocycles. The van der Waals surface area contributed by atoms with Gasteiger partial charge in [-0.2, -0.15) is 0 Å². The summed E-state index contributed by atoms with van der Waals surface area (Å²) in [6, 6.07) is 9.87. The van der Waals surface area contributed by atoms with Crippen molar-refractivity contribution in [3.63, 3.8) is 0 Å². The summed E-state index contributed by atoms with van der Waals surface area (Å²) in [5, 5.41) is 3.67. The van der Waals surface area contributed by atoms with Crippen LogP contribution in [0.1, 0.15) is 36.9 Å². The van der Waals surface area contributed by atoms with Gasteiger partial charge >= 0.3 is 0 Å². The van der Waals surface area contributed by atoms with Gasteiger partial charge in [-0.15, -0.1) is 0 Å². The molecule has 0 spiro atoms. The zero-order valence-corrected chi connectivity index (χ0v) is 13.3. The van der Waals surface area contributed by atoms with E-state index in [0.717, 1.165) is 38.6 Å². The Morgan fingerprint density at radius 3 is 2.86 bits per heavy atom. The second-order valence-electron chi connectivity index (χ2n) is 6.50. The highest BCUT2D eigenvalue weighted by Crippen LogP contribution is 2.34. The van der Waals surface area contributed by atoms with Gasteiger partial charge in [-0.25, -0.2) is 0 Å². The van der Waals surface area contributed by atoms with Crippen LogP contribution in [0.4, 0.5) is 0 Å². The van der Waals surface area contributed by atoms with E-state index in [-0.39, 0.29) is 0 Å². The summed E-state index contributed by atoms with van der Waals surface area (Å²) in [5.74, 6) is 0.862. The van der Waals surface area contributed by atoms with Crippen LogP contribution in [0.5, 0.6) is 0 Å². The van der Waals surface area contributed by atoms with Crippen LogP contribution in [0.3, 0.4) is 0 Å². The zero-order chi connectivity index (χ0) is 14.7. The van der Waals surface area contributed by atoms with Crippen LogP contribution in [0.15, 0.2) is 24.3 Å². The summed E-state index contributed by atoms with van der Waals surface area (Å²) < 4.78 is 5.80. The molecule has 0 saturated heterocycles. The normalized spacial score (nSPS) is 24.5. The number of nitrogens with zero attached hydrogens (tertiary/aromatic N) is 1. The topological polar surface area (TPSA) is 24.5 Å². The van der Waals surface area contributed by atoms with Crippen LogP contribution in [0.25, 0.3) is 0 Å². The number of benzene rings is 1. The van der Waals surface area contributed by atoms with Crippen LogP contribution < -0.4 is 5.32 Å². The van der Waals surface area contributed by atoms with E-state index in [9.17, 15) is 0 Å². The standard InChI is InChI=1S/C18H28N2O/c1-3-19-18-16-7-5-4-6-15(16)12-17(18)20(2)10-11-21-13-14-8-9-14/h4-7,14,17-19H,3,8-13H2,1-2H3. The number of rotatable bonds is 8. The van der Waals surface area contributed by atoms with E-state index in [1.165, 1.54) is 24.0 Å². The summed E-state index contributed by atoms with van der Waals surface area (Å²) >= 11 is 0. The largest absolute Gasteiger partial charge is 0.380 e. The molecule has 0 heterocycles. The summed E-state index contributed by atoms with van der Waals surface area (Å²) in [4.78, 5) is 2.47. The third-order valence-electron chi connectivity index (χ3n) is 4.83. The Balaban J connectivity index is 1.55. The predicted octanol–water partition coefficient (Wildman–Crippen LogP) is 2.62. The maximum Gasteiger partial charge on any atom is 0.0593 e. The van der Waals surface area contributed by atoms with Crippen LogP contribution in [0.2, 0.25) is 0 Å². The molecule has 2 atom stereocenters. The number of ether oxygens (including phenoxy) is 1. The molecule has 0 bridgehead atoms. The molecule has 3 heteroatoms. The lowest BCUT2D eigenvalue weighted by Gasteiger charge is -2.30. The monoisotopic (exact) mass is 288 g/mol. The van der Waals surface area contributed by atoms with E-state index >= 15 is 0 Å². The number of likely N-dealkylation sites (N-methyl/N-ethyl adjacent to an activating group) is 2. The third-order valence-corrected chi connectivity index (χ3v) is 4.83. The first-order chi connectivity index (χ1) is 10.3. The lowest BCUT2D eigenvalue weighted by molar-refractivity contribution is 0.0861. The van der Waals surface area contributed by atoms with Crippen molar-refractivity contribution in [1.29, 1.82) is 0 Å². The van der Waals surface area contributed by atoms with Crippen molar-refractivity contribution >= 4 is 0 Å². The molecule has 3 rings (SSSR count). The lowest BCUT2D eigenvalue weighted by atomic mass is 10.1.